The third-order valence-electron chi connectivity index (χ3n) is 3.37. The van der Waals surface area contributed by atoms with Crippen LogP contribution >= 0.6 is 15.9 Å². The normalized spacial score (nSPS) is 15.3. The van der Waals surface area contributed by atoms with Crippen LogP contribution in [0.4, 0.5) is 0 Å². The summed E-state index contributed by atoms with van der Waals surface area (Å²) in [7, 11) is 1.76. The summed E-state index contributed by atoms with van der Waals surface area (Å²) in [4.78, 5) is 2.51. The van der Waals surface area contributed by atoms with Gasteiger partial charge in [0.15, 0.2) is 0 Å². The van der Waals surface area contributed by atoms with Crippen molar-refractivity contribution in [3.8, 4) is 0 Å². The van der Waals surface area contributed by atoms with Crippen LogP contribution in [-0.2, 0) is 17.8 Å². The molecule has 0 unspecified atom stereocenters. The third kappa shape index (κ3) is 3.79. The highest BCUT2D eigenvalue weighted by Gasteiger charge is 2.28. The molecule has 1 aliphatic rings. The number of benzene rings is 1. The van der Waals surface area contributed by atoms with Crippen molar-refractivity contribution in [3.63, 3.8) is 0 Å². The largest absolute Gasteiger partial charge is 0.383 e. The molecular weight excluding hydrogens is 292 g/mol. The van der Waals surface area contributed by atoms with Crippen LogP contribution in [0.25, 0.3) is 0 Å². The Bertz CT molecular complexity index is 393. The number of halogens is 1. The van der Waals surface area contributed by atoms with E-state index in [0.717, 1.165) is 30.2 Å². The minimum absolute atomic E-state index is 0.592. The Hall–Kier alpha value is -0.420. The maximum atomic E-state index is 5.65. The van der Waals surface area contributed by atoms with Gasteiger partial charge in [0.1, 0.15) is 0 Å². The number of nitrogens with zero attached hydrogens (tertiary/aromatic N) is 1. The van der Waals surface area contributed by atoms with Crippen molar-refractivity contribution >= 4 is 15.9 Å². The van der Waals surface area contributed by atoms with Crippen LogP contribution < -0.4 is 5.73 Å². The summed E-state index contributed by atoms with van der Waals surface area (Å²) in [6.07, 6.45) is 2.64. The molecule has 3 nitrogen and oxygen atoms in total. The zero-order valence-electron chi connectivity index (χ0n) is 10.9. The summed E-state index contributed by atoms with van der Waals surface area (Å²) in [5.74, 6) is 0. The maximum Gasteiger partial charge on any atom is 0.0589 e. The molecule has 0 aliphatic heterocycles. The molecule has 2 rings (SSSR count). The Balaban J connectivity index is 2.01. The van der Waals surface area contributed by atoms with Gasteiger partial charge in [0, 0.05) is 37.3 Å². The standard InChI is InChI=1S/C14H21BrN2O/c1-18-7-6-17(13-4-5-13)10-12-3-2-11(9-16)8-14(12)15/h2-3,8,13H,4-7,9-10,16H2,1H3. The average molecular weight is 313 g/mol. The van der Waals surface area contributed by atoms with Crippen molar-refractivity contribution in [1.82, 2.24) is 4.90 Å². The van der Waals surface area contributed by atoms with Crippen LogP contribution in [-0.4, -0.2) is 31.2 Å². The Morgan fingerprint density at radius 3 is 2.78 bits per heavy atom. The molecule has 18 heavy (non-hydrogen) atoms. The van der Waals surface area contributed by atoms with Gasteiger partial charge in [-0.15, -0.1) is 0 Å². The first-order valence-electron chi connectivity index (χ1n) is 6.45. The molecule has 1 fully saturated rings. The predicted molar refractivity (Wildman–Crippen MR) is 77.3 cm³/mol. The number of nitrogens with two attached hydrogens (primary N) is 1. The first kappa shape index (κ1) is 14.0. The van der Waals surface area contributed by atoms with E-state index in [0.29, 0.717) is 6.54 Å². The van der Waals surface area contributed by atoms with Crippen LogP contribution in [0, 0.1) is 0 Å². The van der Waals surface area contributed by atoms with Crippen LogP contribution in [0.1, 0.15) is 24.0 Å². The summed E-state index contributed by atoms with van der Waals surface area (Å²) in [6.45, 7) is 3.38. The van der Waals surface area contributed by atoms with E-state index in [4.69, 9.17) is 10.5 Å². The van der Waals surface area contributed by atoms with E-state index >= 15 is 0 Å². The van der Waals surface area contributed by atoms with E-state index in [2.05, 4.69) is 39.0 Å². The van der Waals surface area contributed by atoms with E-state index in [1.165, 1.54) is 24.0 Å². The monoisotopic (exact) mass is 312 g/mol. The van der Waals surface area contributed by atoms with Gasteiger partial charge in [-0.05, 0) is 30.0 Å². The molecule has 1 saturated carbocycles. The smallest absolute Gasteiger partial charge is 0.0589 e. The summed E-state index contributed by atoms with van der Waals surface area (Å²) in [5.41, 5.74) is 8.14. The molecule has 0 amide bonds. The number of rotatable bonds is 7. The number of methoxy groups -OCH3 is 1. The fourth-order valence-electron chi connectivity index (χ4n) is 2.10. The van der Waals surface area contributed by atoms with Gasteiger partial charge >= 0.3 is 0 Å². The molecule has 4 heteroatoms. The average Bonchev–Trinajstić information content (AvgIpc) is 3.20. The Kier molecular flexibility index (Phi) is 5.18. The second-order valence-electron chi connectivity index (χ2n) is 4.82. The molecule has 0 bridgehead atoms. The van der Waals surface area contributed by atoms with Crippen LogP contribution in [0.2, 0.25) is 0 Å². The molecular formula is C14H21BrN2O. The fourth-order valence-corrected chi connectivity index (χ4v) is 2.66. The lowest BCUT2D eigenvalue weighted by Gasteiger charge is -2.22. The zero-order chi connectivity index (χ0) is 13.0. The van der Waals surface area contributed by atoms with Crippen molar-refractivity contribution in [1.29, 1.82) is 0 Å². The lowest BCUT2D eigenvalue weighted by atomic mass is 10.1. The molecule has 1 aliphatic carbocycles. The van der Waals surface area contributed by atoms with E-state index in [1.54, 1.807) is 7.11 Å². The van der Waals surface area contributed by atoms with Crippen molar-refractivity contribution in [3.05, 3.63) is 33.8 Å². The van der Waals surface area contributed by atoms with Crippen LogP contribution in [0.3, 0.4) is 0 Å². The summed E-state index contributed by atoms with van der Waals surface area (Å²) < 4.78 is 6.35. The Morgan fingerprint density at radius 2 is 2.22 bits per heavy atom. The van der Waals surface area contributed by atoms with Gasteiger partial charge < -0.3 is 10.5 Å². The first-order valence-corrected chi connectivity index (χ1v) is 7.24. The molecule has 0 heterocycles. The van der Waals surface area contributed by atoms with E-state index < -0.39 is 0 Å². The molecule has 100 valence electrons. The minimum Gasteiger partial charge on any atom is -0.383 e. The highest BCUT2D eigenvalue weighted by molar-refractivity contribution is 9.10. The summed E-state index contributed by atoms with van der Waals surface area (Å²) in [5, 5.41) is 0. The molecule has 1 aromatic carbocycles. The second-order valence-corrected chi connectivity index (χ2v) is 5.68. The van der Waals surface area contributed by atoms with Crippen LogP contribution in [0.5, 0.6) is 0 Å². The molecule has 0 radical (unpaired) electrons. The van der Waals surface area contributed by atoms with Gasteiger partial charge in [-0.2, -0.15) is 0 Å². The molecule has 2 N–H and O–H groups in total. The lowest BCUT2D eigenvalue weighted by molar-refractivity contribution is 0.139. The van der Waals surface area contributed by atoms with E-state index in [1.807, 2.05) is 0 Å². The van der Waals surface area contributed by atoms with Gasteiger partial charge in [0.25, 0.3) is 0 Å². The van der Waals surface area contributed by atoms with Gasteiger partial charge in [0.05, 0.1) is 6.61 Å². The lowest BCUT2D eigenvalue weighted by Crippen LogP contribution is -2.29. The highest BCUT2D eigenvalue weighted by atomic mass is 79.9. The third-order valence-corrected chi connectivity index (χ3v) is 4.11. The van der Waals surface area contributed by atoms with Crippen LogP contribution in [0.15, 0.2) is 22.7 Å². The SMILES string of the molecule is COCCN(Cc1ccc(CN)cc1Br)C1CC1. The predicted octanol–water partition coefficient (Wildman–Crippen LogP) is 2.52. The first-order chi connectivity index (χ1) is 8.74. The molecule has 0 saturated heterocycles. The number of hydrogen-bond acceptors (Lipinski definition) is 3. The number of hydrogen-bond donors (Lipinski definition) is 1. The molecule has 1 aromatic rings. The summed E-state index contributed by atoms with van der Waals surface area (Å²) in [6, 6.07) is 7.16. The van der Waals surface area contributed by atoms with Crippen molar-refractivity contribution in [2.45, 2.75) is 32.0 Å². The maximum absolute atomic E-state index is 5.65. The molecule has 0 aromatic heterocycles. The van der Waals surface area contributed by atoms with Gasteiger partial charge in [-0.1, -0.05) is 28.1 Å². The molecule has 0 spiro atoms. The zero-order valence-corrected chi connectivity index (χ0v) is 12.4. The fraction of sp³-hybridized carbons (Fsp3) is 0.571. The summed E-state index contributed by atoms with van der Waals surface area (Å²) >= 11 is 3.64. The van der Waals surface area contributed by atoms with Crippen molar-refractivity contribution in [2.75, 3.05) is 20.3 Å². The topological polar surface area (TPSA) is 38.5 Å². The second kappa shape index (κ2) is 6.66. The quantitative estimate of drug-likeness (QED) is 0.841. The van der Waals surface area contributed by atoms with E-state index in [-0.39, 0.29) is 0 Å². The van der Waals surface area contributed by atoms with Crippen molar-refractivity contribution in [2.24, 2.45) is 5.73 Å². The van der Waals surface area contributed by atoms with E-state index in [9.17, 15) is 0 Å². The van der Waals surface area contributed by atoms with Gasteiger partial charge in [-0.25, -0.2) is 0 Å². The number of ether oxygens (including phenoxy) is 1. The molecule has 0 atom stereocenters. The highest BCUT2D eigenvalue weighted by Crippen LogP contribution is 2.29. The van der Waals surface area contributed by atoms with Crippen molar-refractivity contribution < 1.29 is 4.74 Å². The Labute approximate surface area is 117 Å². The van der Waals surface area contributed by atoms with Gasteiger partial charge in [0.2, 0.25) is 0 Å². The Morgan fingerprint density at radius 1 is 1.44 bits per heavy atom. The van der Waals surface area contributed by atoms with Gasteiger partial charge in [-0.3, -0.25) is 4.90 Å². The minimum atomic E-state index is 0.592.